The van der Waals surface area contributed by atoms with Gasteiger partial charge in [-0.3, -0.25) is 10.1 Å². The lowest BCUT2D eigenvalue weighted by atomic mass is 10.1. The molecule has 0 aliphatic rings. The summed E-state index contributed by atoms with van der Waals surface area (Å²) in [7, 11) is 0. The molecule has 0 saturated carbocycles. The van der Waals surface area contributed by atoms with Crippen LogP contribution >= 0.6 is 11.6 Å². The van der Waals surface area contributed by atoms with Gasteiger partial charge in [-0.05, 0) is 11.6 Å². The number of aliphatic carboxylic acids is 1. The van der Waals surface area contributed by atoms with Crippen LogP contribution in [0, 0.1) is 10.1 Å². The van der Waals surface area contributed by atoms with Crippen LogP contribution in [0.1, 0.15) is 11.7 Å². The van der Waals surface area contributed by atoms with Crippen LogP contribution in [0.4, 0.5) is 5.69 Å². The number of aliphatic hydroxyl groups is 1. The molecular weight excluding hydrogens is 226 g/mol. The number of hydrogen-bond donors (Lipinski definition) is 2. The minimum Gasteiger partial charge on any atom is -0.479 e. The van der Waals surface area contributed by atoms with Crippen molar-refractivity contribution < 1.29 is 19.9 Å². The van der Waals surface area contributed by atoms with E-state index in [9.17, 15) is 14.9 Å². The van der Waals surface area contributed by atoms with E-state index in [2.05, 4.69) is 0 Å². The number of aliphatic hydroxyl groups excluding tert-OH is 1. The maximum Gasteiger partial charge on any atom is 0.337 e. The van der Waals surface area contributed by atoms with Crippen molar-refractivity contribution in [3.8, 4) is 0 Å². The van der Waals surface area contributed by atoms with Crippen molar-refractivity contribution in [1.82, 2.24) is 0 Å². The number of carbonyl (C=O) groups is 1. The number of carboxylic acids is 1. The minimum absolute atomic E-state index is 0.000463. The summed E-state index contributed by atoms with van der Waals surface area (Å²) < 4.78 is 0. The lowest BCUT2D eigenvalue weighted by Crippen LogP contribution is -2.10. The molecule has 1 atom stereocenters. The lowest BCUT2D eigenvalue weighted by molar-refractivity contribution is -0.384. The maximum absolute atomic E-state index is 10.4. The molecule has 0 aliphatic heterocycles. The van der Waals surface area contributed by atoms with Crippen LogP contribution in [0.15, 0.2) is 18.2 Å². The summed E-state index contributed by atoms with van der Waals surface area (Å²) in [5, 5.41) is 28.1. The second kappa shape index (κ2) is 4.24. The molecule has 0 bridgehead atoms. The number of nitro benzene ring substituents is 1. The van der Waals surface area contributed by atoms with Gasteiger partial charge >= 0.3 is 5.97 Å². The van der Waals surface area contributed by atoms with E-state index in [1.807, 2.05) is 0 Å². The highest BCUT2D eigenvalue weighted by molar-refractivity contribution is 6.30. The van der Waals surface area contributed by atoms with Crippen molar-refractivity contribution in [3.05, 3.63) is 38.9 Å². The van der Waals surface area contributed by atoms with Crippen LogP contribution in [-0.2, 0) is 4.79 Å². The average molecular weight is 232 g/mol. The summed E-state index contributed by atoms with van der Waals surface area (Å²) in [6.07, 6.45) is -1.82. The third-order valence-corrected chi connectivity index (χ3v) is 1.88. The van der Waals surface area contributed by atoms with Crippen molar-refractivity contribution in [2.24, 2.45) is 0 Å². The number of halogens is 1. The predicted octanol–water partition coefficient (Wildman–Crippen LogP) is 1.37. The van der Waals surface area contributed by atoms with Crippen LogP contribution in [0.25, 0.3) is 0 Å². The zero-order valence-electron chi connectivity index (χ0n) is 7.25. The van der Waals surface area contributed by atoms with Crippen molar-refractivity contribution >= 4 is 23.3 Å². The summed E-state index contributed by atoms with van der Waals surface area (Å²) >= 11 is 5.53. The molecule has 2 N–H and O–H groups in total. The van der Waals surface area contributed by atoms with Gasteiger partial charge in [0.25, 0.3) is 5.69 Å². The molecular formula is C8H6ClNO5. The van der Waals surface area contributed by atoms with Gasteiger partial charge in [-0.15, -0.1) is 0 Å². The van der Waals surface area contributed by atoms with Gasteiger partial charge in [-0.2, -0.15) is 0 Å². The van der Waals surface area contributed by atoms with Crippen LogP contribution in [0.3, 0.4) is 0 Å². The average Bonchev–Trinajstić information content (AvgIpc) is 2.15. The van der Waals surface area contributed by atoms with Gasteiger partial charge in [-0.25, -0.2) is 4.79 Å². The smallest absolute Gasteiger partial charge is 0.337 e. The van der Waals surface area contributed by atoms with Crippen molar-refractivity contribution in [2.75, 3.05) is 0 Å². The Morgan fingerprint density at radius 2 is 2.07 bits per heavy atom. The highest BCUT2D eigenvalue weighted by Gasteiger charge is 2.19. The molecule has 0 spiro atoms. The minimum atomic E-state index is -1.82. The molecule has 0 aromatic heterocycles. The van der Waals surface area contributed by atoms with Crippen molar-refractivity contribution in [3.63, 3.8) is 0 Å². The Morgan fingerprint density at radius 3 is 2.53 bits per heavy atom. The Kier molecular flexibility index (Phi) is 3.23. The van der Waals surface area contributed by atoms with Gasteiger partial charge in [0.1, 0.15) is 0 Å². The fourth-order valence-electron chi connectivity index (χ4n) is 1.00. The summed E-state index contributed by atoms with van der Waals surface area (Å²) in [6, 6.07) is 3.19. The van der Waals surface area contributed by atoms with E-state index in [4.69, 9.17) is 21.8 Å². The van der Waals surface area contributed by atoms with E-state index in [0.717, 1.165) is 18.2 Å². The van der Waals surface area contributed by atoms with E-state index in [1.54, 1.807) is 0 Å². The summed E-state index contributed by atoms with van der Waals surface area (Å²) in [4.78, 5) is 20.1. The predicted molar refractivity (Wildman–Crippen MR) is 50.7 cm³/mol. The molecule has 7 heteroatoms. The molecule has 1 aromatic rings. The topological polar surface area (TPSA) is 101 Å². The van der Waals surface area contributed by atoms with E-state index in [0.29, 0.717) is 0 Å². The molecule has 0 aliphatic carbocycles. The van der Waals surface area contributed by atoms with Crippen LogP contribution < -0.4 is 0 Å². The molecule has 0 amide bonds. The maximum atomic E-state index is 10.4. The van der Waals surface area contributed by atoms with Crippen molar-refractivity contribution in [1.29, 1.82) is 0 Å². The van der Waals surface area contributed by atoms with E-state index in [1.165, 1.54) is 0 Å². The van der Waals surface area contributed by atoms with Gasteiger partial charge in [-0.1, -0.05) is 11.6 Å². The molecule has 6 nitrogen and oxygen atoms in total. The number of nitro groups is 1. The molecule has 0 unspecified atom stereocenters. The third-order valence-electron chi connectivity index (χ3n) is 1.67. The van der Waals surface area contributed by atoms with Crippen LogP contribution in [-0.4, -0.2) is 21.1 Å². The standard InChI is InChI=1S/C8H6ClNO5/c9-5-1-4(7(11)8(12)13)2-6(3-5)10(14)15/h1-3,7,11H,(H,12,13)/t7-/m1/s1. The summed E-state index contributed by atoms with van der Waals surface area (Å²) in [5.74, 6) is -1.49. The Balaban J connectivity index is 3.20. The zero-order chi connectivity index (χ0) is 11.6. The number of nitrogens with zero attached hydrogens (tertiary/aromatic N) is 1. The Labute approximate surface area is 88.9 Å². The molecule has 0 fully saturated rings. The fourth-order valence-corrected chi connectivity index (χ4v) is 1.24. The zero-order valence-corrected chi connectivity index (χ0v) is 8.01. The summed E-state index contributed by atoms with van der Waals surface area (Å²) in [5.41, 5.74) is -0.487. The normalized spacial score (nSPS) is 12.1. The second-order valence-electron chi connectivity index (χ2n) is 2.74. The molecule has 0 saturated heterocycles. The Bertz CT molecular complexity index is 419. The number of benzene rings is 1. The molecule has 80 valence electrons. The number of carboxylic acid groups (broad SMARTS) is 1. The van der Waals surface area contributed by atoms with Gasteiger partial charge < -0.3 is 10.2 Å². The highest BCUT2D eigenvalue weighted by atomic mass is 35.5. The van der Waals surface area contributed by atoms with Gasteiger partial charge in [0.2, 0.25) is 0 Å². The molecule has 1 aromatic carbocycles. The molecule has 1 rings (SSSR count). The third kappa shape index (κ3) is 2.64. The van der Waals surface area contributed by atoms with E-state index < -0.39 is 17.0 Å². The van der Waals surface area contributed by atoms with E-state index in [-0.39, 0.29) is 16.3 Å². The van der Waals surface area contributed by atoms with E-state index >= 15 is 0 Å². The van der Waals surface area contributed by atoms with Crippen molar-refractivity contribution in [2.45, 2.75) is 6.10 Å². The van der Waals surface area contributed by atoms with Gasteiger partial charge in [0.05, 0.1) is 4.92 Å². The number of rotatable bonds is 3. The summed E-state index contributed by atoms with van der Waals surface area (Å²) in [6.45, 7) is 0. The molecule has 0 heterocycles. The SMILES string of the molecule is O=C(O)[C@H](O)c1cc(Cl)cc([N+](=O)[O-])c1. The van der Waals surface area contributed by atoms with Gasteiger partial charge in [0.15, 0.2) is 6.10 Å². The van der Waals surface area contributed by atoms with Crippen LogP contribution in [0.5, 0.6) is 0 Å². The first-order valence-corrected chi connectivity index (χ1v) is 4.15. The quantitative estimate of drug-likeness (QED) is 0.604. The molecule has 0 radical (unpaired) electrons. The first-order chi connectivity index (χ1) is 6.91. The lowest BCUT2D eigenvalue weighted by Gasteiger charge is -2.05. The first kappa shape index (κ1) is 11.4. The second-order valence-corrected chi connectivity index (χ2v) is 3.18. The fraction of sp³-hybridized carbons (Fsp3) is 0.125. The number of hydrogen-bond acceptors (Lipinski definition) is 4. The Morgan fingerprint density at radius 1 is 1.47 bits per heavy atom. The number of non-ortho nitro benzene ring substituents is 1. The largest absolute Gasteiger partial charge is 0.479 e. The molecule has 15 heavy (non-hydrogen) atoms. The highest BCUT2D eigenvalue weighted by Crippen LogP contribution is 2.24. The van der Waals surface area contributed by atoms with Crippen LogP contribution in [0.2, 0.25) is 5.02 Å². The first-order valence-electron chi connectivity index (χ1n) is 3.77. The Hall–Kier alpha value is -1.66. The van der Waals surface area contributed by atoms with Gasteiger partial charge in [0, 0.05) is 17.2 Å². The monoisotopic (exact) mass is 231 g/mol.